The zero-order valence-corrected chi connectivity index (χ0v) is 17.3. The number of rotatable bonds is 8. The Bertz CT molecular complexity index is 908. The lowest BCUT2D eigenvalue weighted by Gasteiger charge is -2.17. The Morgan fingerprint density at radius 3 is 2.32 bits per heavy atom. The zero-order valence-electron chi connectivity index (χ0n) is 15.7. The molecule has 5 nitrogen and oxygen atoms in total. The third-order valence-corrected chi connectivity index (χ3v) is 6.94. The van der Waals surface area contributed by atoms with E-state index >= 15 is 0 Å². The van der Waals surface area contributed by atoms with Gasteiger partial charge in [0.1, 0.15) is 0 Å². The predicted octanol–water partition coefficient (Wildman–Crippen LogP) is 3.42. The summed E-state index contributed by atoms with van der Waals surface area (Å²) < 4.78 is 24.7. The Balaban J connectivity index is 1.52. The van der Waals surface area contributed by atoms with Gasteiger partial charge in [-0.25, -0.2) is 8.42 Å². The van der Waals surface area contributed by atoms with Gasteiger partial charge in [-0.15, -0.1) is 0 Å². The lowest BCUT2D eigenvalue weighted by molar-refractivity contribution is -0.120. The van der Waals surface area contributed by atoms with Gasteiger partial charge in [-0.3, -0.25) is 9.69 Å². The molecule has 2 aromatic rings. The van der Waals surface area contributed by atoms with Crippen LogP contribution in [-0.4, -0.2) is 38.1 Å². The van der Waals surface area contributed by atoms with E-state index in [-0.39, 0.29) is 23.0 Å². The number of benzene rings is 2. The van der Waals surface area contributed by atoms with Gasteiger partial charge in [0, 0.05) is 24.5 Å². The first-order chi connectivity index (χ1) is 13.4. The maximum atomic E-state index is 12.3. The van der Waals surface area contributed by atoms with Crippen molar-refractivity contribution in [1.82, 2.24) is 10.2 Å². The highest BCUT2D eigenvalue weighted by molar-refractivity contribution is 7.91. The summed E-state index contributed by atoms with van der Waals surface area (Å²) >= 11 is 5.79. The molecule has 0 aromatic heterocycles. The zero-order chi connectivity index (χ0) is 20.0. The van der Waals surface area contributed by atoms with Gasteiger partial charge in [0.25, 0.3) is 0 Å². The Labute approximate surface area is 171 Å². The number of hydrogen-bond acceptors (Lipinski definition) is 4. The highest BCUT2D eigenvalue weighted by atomic mass is 35.5. The second-order valence-electron chi connectivity index (χ2n) is 7.05. The van der Waals surface area contributed by atoms with Gasteiger partial charge in [0.05, 0.1) is 10.6 Å². The van der Waals surface area contributed by atoms with E-state index in [9.17, 15) is 13.2 Å². The van der Waals surface area contributed by atoms with E-state index in [1.165, 1.54) is 42.7 Å². The van der Waals surface area contributed by atoms with Crippen LogP contribution in [0.15, 0.2) is 53.4 Å². The molecule has 0 unspecified atom stereocenters. The van der Waals surface area contributed by atoms with Crippen LogP contribution < -0.4 is 5.32 Å². The van der Waals surface area contributed by atoms with Gasteiger partial charge in [-0.2, -0.15) is 0 Å². The third kappa shape index (κ3) is 5.80. The fourth-order valence-electron chi connectivity index (χ4n) is 3.33. The highest BCUT2D eigenvalue weighted by Crippen LogP contribution is 2.17. The number of amides is 1. The number of sulfone groups is 1. The quantitative estimate of drug-likeness (QED) is 0.710. The van der Waals surface area contributed by atoms with Crippen LogP contribution in [0.3, 0.4) is 0 Å². The number of nitrogens with zero attached hydrogens (tertiary/aromatic N) is 1. The molecule has 1 fully saturated rings. The Kier molecular flexibility index (Phi) is 7.10. The molecule has 0 aliphatic carbocycles. The van der Waals surface area contributed by atoms with Gasteiger partial charge in [-0.05, 0) is 61.3 Å². The van der Waals surface area contributed by atoms with E-state index in [0.717, 1.165) is 25.2 Å². The smallest absolute Gasteiger partial charge is 0.221 e. The summed E-state index contributed by atoms with van der Waals surface area (Å²) in [5, 5.41) is 3.33. The SMILES string of the molecule is O=C(CCS(=O)(=O)c1ccc(Cl)cc1)NCc1ccccc1CN1CCCC1. The molecule has 3 rings (SSSR count). The minimum atomic E-state index is -3.51. The molecule has 150 valence electrons. The third-order valence-electron chi connectivity index (χ3n) is 4.96. The maximum absolute atomic E-state index is 12.3. The van der Waals surface area contributed by atoms with E-state index in [1.807, 2.05) is 18.2 Å². The molecule has 7 heteroatoms. The van der Waals surface area contributed by atoms with Gasteiger partial charge in [-0.1, -0.05) is 35.9 Å². The first-order valence-corrected chi connectivity index (χ1v) is 11.5. The van der Waals surface area contributed by atoms with Crippen LogP contribution in [0.5, 0.6) is 0 Å². The molecular formula is C21H25ClN2O3S. The van der Waals surface area contributed by atoms with Crippen molar-refractivity contribution in [1.29, 1.82) is 0 Å². The van der Waals surface area contributed by atoms with E-state index in [1.54, 1.807) is 0 Å². The van der Waals surface area contributed by atoms with Crippen molar-refractivity contribution in [2.24, 2.45) is 0 Å². The van der Waals surface area contributed by atoms with E-state index in [0.29, 0.717) is 11.6 Å². The van der Waals surface area contributed by atoms with Gasteiger partial charge >= 0.3 is 0 Å². The molecule has 0 atom stereocenters. The molecule has 0 saturated carbocycles. The van der Waals surface area contributed by atoms with Crippen molar-refractivity contribution >= 4 is 27.3 Å². The fraction of sp³-hybridized carbons (Fsp3) is 0.381. The van der Waals surface area contributed by atoms with Crippen molar-refractivity contribution < 1.29 is 13.2 Å². The number of nitrogens with one attached hydrogen (secondary N) is 1. The summed E-state index contributed by atoms with van der Waals surface area (Å²) in [6.45, 7) is 3.52. The minimum Gasteiger partial charge on any atom is -0.352 e. The monoisotopic (exact) mass is 420 g/mol. The molecule has 1 aliphatic heterocycles. The highest BCUT2D eigenvalue weighted by Gasteiger charge is 2.17. The Hall–Kier alpha value is -1.89. The number of hydrogen-bond donors (Lipinski definition) is 1. The summed E-state index contributed by atoms with van der Waals surface area (Å²) in [4.78, 5) is 14.8. The summed E-state index contributed by atoms with van der Waals surface area (Å²) in [6.07, 6.45) is 2.40. The molecule has 1 amide bonds. The predicted molar refractivity (Wildman–Crippen MR) is 111 cm³/mol. The molecule has 0 radical (unpaired) electrons. The average Bonchev–Trinajstić information content (AvgIpc) is 3.19. The molecule has 28 heavy (non-hydrogen) atoms. The normalized spacial score (nSPS) is 14.9. The van der Waals surface area contributed by atoms with Crippen LogP contribution in [0, 0.1) is 0 Å². The van der Waals surface area contributed by atoms with Crippen LogP contribution in [0.2, 0.25) is 5.02 Å². The number of halogens is 1. The van der Waals surface area contributed by atoms with E-state index in [4.69, 9.17) is 11.6 Å². The standard InChI is InChI=1S/C21H25ClN2O3S/c22-19-7-9-20(10-8-19)28(26,27)14-11-21(25)23-15-17-5-1-2-6-18(17)16-24-12-3-4-13-24/h1-2,5-10H,3-4,11-16H2,(H,23,25). The minimum absolute atomic E-state index is 0.0702. The number of carbonyl (C=O) groups is 1. The molecule has 1 N–H and O–H groups in total. The van der Waals surface area contributed by atoms with Crippen LogP contribution in [0.25, 0.3) is 0 Å². The van der Waals surface area contributed by atoms with E-state index in [2.05, 4.69) is 16.3 Å². The van der Waals surface area contributed by atoms with Crippen LogP contribution >= 0.6 is 11.6 Å². The average molecular weight is 421 g/mol. The second-order valence-corrected chi connectivity index (χ2v) is 9.60. The molecule has 0 bridgehead atoms. The van der Waals surface area contributed by atoms with Gasteiger partial charge in [0.15, 0.2) is 9.84 Å². The van der Waals surface area contributed by atoms with Crippen molar-refractivity contribution in [2.75, 3.05) is 18.8 Å². The first-order valence-electron chi connectivity index (χ1n) is 9.48. The van der Waals surface area contributed by atoms with Crippen LogP contribution in [-0.2, 0) is 27.7 Å². The first kappa shape index (κ1) is 20.8. The van der Waals surface area contributed by atoms with Gasteiger partial charge in [0.2, 0.25) is 5.91 Å². The topological polar surface area (TPSA) is 66.5 Å². The van der Waals surface area contributed by atoms with Crippen molar-refractivity contribution in [2.45, 2.75) is 37.2 Å². The summed E-state index contributed by atoms with van der Waals surface area (Å²) in [7, 11) is -3.51. The number of carbonyl (C=O) groups excluding carboxylic acids is 1. The van der Waals surface area contributed by atoms with Crippen molar-refractivity contribution in [3.05, 3.63) is 64.7 Å². The summed E-state index contributed by atoms with van der Waals surface area (Å²) in [6, 6.07) is 14.1. The lowest BCUT2D eigenvalue weighted by Crippen LogP contribution is -2.26. The molecule has 1 aliphatic rings. The van der Waals surface area contributed by atoms with Gasteiger partial charge < -0.3 is 5.32 Å². The van der Waals surface area contributed by atoms with E-state index < -0.39 is 9.84 Å². The van der Waals surface area contributed by atoms with Crippen LogP contribution in [0.1, 0.15) is 30.4 Å². The van der Waals surface area contributed by atoms with Crippen LogP contribution in [0.4, 0.5) is 0 Å². The molecule has 0 spiro atoms. The Morgan fingerprint density at radius 1 is 1.00 bits per heavy atom. The lowest BCUT2D eigenvalue weighted by atomic mass is 10.1. The van der Waals surface area contributed by atoms with Crippen molar-refractivity contribution in [3.8, 4) is 0 Å². The second kappa shape index (κ2) is 9.54. The van der Waals surface area contributed by atoms with Crippen molar-refractivity contribution in [3.63, 3.8) is 0 Å². The Morgan fingerprint density at radius 2 is 1.64 bits per heavy atom. The summed E-state index contributed by atoms with van der Waals surface area (Å²) in [5.41, 5.74) is 2.28. The molecule has 2 aromatic carbocycles. The number of likely N-dealkylation sites (tertiary alicyclic amines) is 1. The fourth-order valence-corrected chi connectivity index (χ4v) is 4.70. The molecule has 1 heterocycles. The molecule has 1 saturated heterocycles. The largest absolute Gasteiger partial charge is 0.352 e. The maximum Gasteiger partial charge on any atom is 0.221 e. The summed E-state index contributed by atoms with van der Waals surface area (Å²) in [5.74, 6) is -0.496. The molecular weight excluding hydrogens is 396 g/mol.